The van der Waals surface area contributed by atoms with Crippen molar-refractivity contribution in [3.05, 3.63) is 29.3 Å². The zero-order chi connectivity index (χ0) is 15.8. The maximum Gasteiger partial charge on any atom is 0.254 e. The molecule has 1 aromatic carbocycles. The lowest BCUT2D eigenvalue weighted by Gasteiger charge is -2.36. The molecule has 0 radical (unpaired) electrons. The SMILES string of the molecule is CC(C)(C)[Si](C)(C)OCCN1Cc2cc(N)ccc2C1=O. The lowest BCUT2D eigenvalue weighted by atomic mass is 10.1. The van der Waals surface area contributed by atoms with Crippen LogP contribution in [-0.2, 0) is 11.0 Å². The van der Waals surface area contributed by atoms with E-state index in [0.29, 0.717) is 25.4 Å². The normalized spacial score (nSPS) is 15.5. The number of hydrogen-bond donors (Lipinski definition) is 1. The Labute approximate surface area is 128 Å². The van der Waals surface area contributed by atoms with E-state index in [0.717, 1.165) is 11.1 Å². The molecule has 0 aromatic heterocycles. The smallest absolute Gasteiger partial charge is 0.254 e. The van der Waals surface area contributed by atoms with Crippen LogP contribution in [0.25, 0.3) is 0 Å². The van der Waals surface area contributed by atoms with Gasteiger partial charge >= 0.3 is 0 Å². The molecular formula is C16H26N2O2Si. The molecule has 1 heterocycles. The summed E-state index contributed by atoms with van der Waals surface area (Å²) in [6, 6.07) is 5.50. The number of hydrogen-bond acceptors (Lipinski definition) is 3. The first-order chi connectivity index (χ1) is 9.62. The molecule has 5 heteroatoms. The van der Waals surface area contributed by atoms with Gasteiger partial charge in [-0.05, 0) is 41.9 Å². The van der Waals surface area contributed by atoms with Crippen molar-refractivity contribution in [2.75, 3.05) is 18.9 Å². The van der Waals surface area contributed by atoms with Gasteiger partial charge in [-0.3, -0.25) is 4.79 Å². The highest BCUT2D eigenvalue weighted by molar-refractivity contribution is 6.74. The third-order valence-corrected chi connectivity index (χ3v) is 9.18. The van der Waals surface area contributed by atoms with Crippen LogP contribution in [0.2, 0.25) is 18.1 Å². The van der Waals surface area contributed by atoms with Crippen LogP contribution in [0.15, 0.2) is 18.2 Å². The fourth-order valence-electron chi connectivity index (χ4n) is 2.21. The first-order valence-electron chi connectivity index (χ1n) is 7.43. The van der Waals surface area contributed by atoms with Gasteiger partial charge in [-0.1, -0.05) is 20.8 Å². The molecule has 2 rings (SSSR count). The van der Waals surface area contributed by atoms with Gasteiger partial charge in [0.2, 0.25) is 0 Å². The molecule has 4 nitrogen and oxygen atoms in total. The average molecular weight is 306 g/mol. The van der Waals surface area contributed by atoms with Crippen molar-refractivity contribution in [2.24, 2.45) is 0 Å². The van der Waals surface area contributed by atoms with Gasteiger partial charge in [-0.2, -0.15) is 0 Å². The van der Waals surface area contributed by atoms with E-state index in [1.807, 2.05) is 17.0 Å². The van der Waals surface area contributed by atoms with E-state index in [9.17, 15) is 4.79 Å². The van der Waals surface area contributed by atoms with Gasteiger partial charge < -0.3 is 15.1 Å². The summed E-state index contributed by atoms with van der Waals surface area (Å²) in [7, 11) is -1.75. The monoisotopic (exact) mass is 306 g/mol. The second kappa shape index (κ2) is 5.46. The van der Waals surface area contributed by atoms with E-state index in [4.69, 9.17) is 10.2 Å². The maximum atomic E-state index is 12.3. The van der Waals surface area contributed by atoms with Gasteiger partial charge in [0.1, 0.15) is 0 Å². The first-order valence-corrected chi connectivity index (χ1v) is 10.3. The van der Waals surface area contributed by atoms with Crippen LogP contribution in [-0.4, -0.2) is 32.3 Å². The summed E-state index contributed by atoms with van der Waals surface area (Å²) in [4.78, 5) is 14.1. The molecule has 1 aromatic rings. The molecular weight excluding hydrogens is 280 g/mol. The van der Waals surface area contributed by atoms with Crippen molar-refractivity contribution in [3.63, 3.8) is 0 Å². The van der Waals surface area contributed by atoms with Gasteiger partial charge in [0.25, 0.3) is 5.91 Å². The van der Waals surface area contributed by atoms with E-state index in [1.54, 1.807) is 6.07 Å². The zero-order valence-electron chi connectivity index (χ0n) is 13.7. The fraction of sp³-hybridized carbons (Fsp3) is 0.562. The number of fused-ring (bicyclic) bond motifs is 1. The minimum absolute atomic E-state index is 0.0869. The zero-order valence-corrected chi connectivity index (χ0v) is 14.7. The number of nitrogens with zero attached hydrogens (tertiary/aromatic N) is 1. The van der Waals surface area contributed by atoms with Crippen LogP contribution in [0.5, 0.6) is 0 Å². The van der Waals surface area contributed by atoms with Crippen LogP contribution in [0.4, 0.5) is 5.69 Å². The lowest BCUT2D eigenvalue weighted by molar-refractivity contribution is 0.0749. The molecule has 1 amide bonds. The lowest BCUT2D eigenvalue weighted by Crippen LogP contribution is -2.42. The van der Waals surface area contributed by atoms with Crippen LogP contribution in [0.1, 0.15) is 36.7 Å². The molecule has 0 spiro atoms. The van der Waals surface area contributed by atoms with Crippen molar-refractivity contribution < 1.29 is 9.22 Å². The second-order valence-electron chi connectivity index (χ2n) is 7.25. The predicted octanol–water partition coefficient (Wildman–Crippen LogP) is 3.25. The van der Waals surface area contributed by atoms with E-state index < -0.39 is 8.32 Å². The molecule has 1 aliphatic rings. The van der Waals surface area contributed by atoms with Crippen molar-refractivity contribution in [1.82, 2.24) is 4.90 Å². The highest BCUT2D eigenvalue weighted by atomic mass is 28.4. The number of rotatable bonds is 4. The van der Waals surface area contributed by atoms with Crippen LogP contribution >= 0.6 is 0 Å². The van der Waals surface area contributed by atoms with E-state index in [2.05, 4.69) is 33.9 Å². The molecule has 21 heavy (non-hydrogen) atoms. The Morgan fingerprint density at radius 1 is 1.33 bits per heavy atom. The Kier molecular flexibility index (Phi) is 4.17. The van der Waals surface area contributed by atoms with Crippen LogP contribution in [0.3, 0.4) is 0 Å². The number of nitrogen functional groups attached to an aromatic ring is 1. The predicted molar refractivity (Wildman–Crippen MR) is 88.7 cm³/mol. The van der Waals surface area contributed by atoms with Crippen LogP contribution < -0.4 is 5.73 Å². The summed E-state index contributed by atoms with van der Waals surface area (Å²) in [6.07, 6.45) is 0. The summed E-state index contributed by atoms with van der Waals surface area (Å²) in [6.45, 7) is 13.0. The van der Waals surface area contributed by atoms with E-state index >= 15 is 0 Å². The number of carbonyl (C=O) groups excluding carboxylic acids is 1. The molecule has 2 N–H and O–H groups in total. The molecule has 0 atom stereocenters. The van der Waals surface area contributed by atoms with Crippen LogP contribution in [0, 0.1) is 0 Å². The quantitative estimate of drug-likeness (QED) is 0.686. The first kappa shape index (κ1) is 16.0. The summed E-state index contributed by atoms with van der Waals surface area (Å²) in [5, 5.41) is 0.194. The van der Waals surface area contributed by atoms with Crippen molar-refractivity contribution in [2.45, 2.75) is 45.4 Å². The highest BCUT2D eigenvalue weighted by Gasteiger charge is 2.37. The fourth-order valence-corrected chi connectivity index (χ4v) is 3.24. The standard InChI is InChI=1S/C16H26N2O2Si/c1-16(2,3)21(4,5)20-9-8-18-11-12-10-13(17)6-7-14(12)15(18)19/h6-7,10H,8-9,11,17H2,1-5H3. The van der Waals surface area contributed by atoms with E-state index in [1.165, 1.54) is 0 Å². The second-order valence-corrected chi connectivity index (χ2v) is 12.1. The topological polar surface area (TPSA) is 55.6 Å². The van der Waals surface area contributed by atoms with E-state index in [-0.39, 0.29) is 10.9 Å². The summed E-state index contributed by atoms with van der Waals surface area (Å²) in [5.74, 6) is 0.0869. The summed E-state index contributed by atoms with van der Waals surface area (Å²) in [5.41, 5.74) is 8.28. The Balaban J connectivity index is 1.94. The summed E-state index contributed by atoms with van der Waals surface area (Å²) >= 11 is 0. The molecule has 0 fully saturated rings. The molecule has 0 bridgehead atoms. The number of benzene rings is 1. The number of anilines is 1. The minimum Gasteiger partial charge on any atom is -0.415 e. The molecule has 0 aliphatic carbocycles. The van der Waals surface area contributed by atoms with Crippen molar-refractivity contribution in [1.29, 1.82) is 0 Å². The number of nitrogens with two attached hydrogens (primary N) is 1. The van der Waals surface area contributed by atoms with Gasteiger partial charge in [-0.15, -0.1) is 0 Å². The Bertz CT molecular complexity index is 550. The molecule has 0 saturated heterocycles. The van der Waals surface area contributed by atoms with Gasteiger partial charge in [0.05, 0.1) is 6.61 Å². The van der Waals surface area contributed by atoms with Crippen molar-refractivity contribution in [3.8, 4) is 0 Å². The van der Waals surface area contributed by atoms with Gasteiger partial charge in [0.15, 0.2) is 8.32 Å². The van der Waals surface area contributed by atoms with Gasteiger partial charge in [-0.25, -0.2) is 0 Å². The summed E-state index contributed by atoms with van der Waals surface area (Å²) < 4.78 is 6.15. The average Bonchev–Trinajstić information content (AvgIpc) is 2.64. The molecule has 1 aliphatic heterocycles. The number of carbonyl (C=O) groups is 1. The largest absolute Gasteiger partial charge is 0.415 e. The third kappa shape index (κ3) is 3.30. The Morgan fingerprint density at radius 3 is 2.62 bits per heavy atom. The minimum atomic E-state index is -1.75. The molecule has 116 valence electrons. The van der Waals surface area contributed by atoms with Crippen molar-refractivity contribution >= 4 is 19.9 Å². The Hall–Kier alpha value is -1.33. The Morgan fingerprint density at radius 2 is 2.00 bits per heavy atom. The molecule has 0 saturated carbocycles. The number of amides is 1. The highest BCUT2D eigenvalue weighted by Crippen LogP contribution is 2.36. The maximum absolute atomic E-state index is 12.3. The molecule has 0 unspecified atom stereocenters. The van der Waals surface area contributed by atoms with Gasteiger partial charge in [0, 0.05) is 24.3 Å². The third-order valence-electron chi connectivity index (χ3n) is 4.64.